The lowest BCUT2D eigenvalue weighted by Crippen LogP contribution is -2.31. The Balaban J connectivity index is 2.05. The Morgan fingerprint density at radius 3 is 3.00 bits per heavy atom. The van der Waals surface area contributed by atoms with E-state index < -0.39 is 0 Å². The summed E-state index contributed by atoms with van der Waals surface area (Å²) in [5, 5.41) is 15.5. The summed E-state index contributed by atoms with van der Waals surface area (Å²) < 4.78 is 10.7. The number of carbonyl (C=O) groups is 1. The van der Waals surface area contributed by atoms with Gasteiger partial charge in [-0.3, -0.25) is 5.32 Å². The van der Waals surface area contributed by atoms with Crippen molar-refractivity contribution in [3.63, 3.8) is 0 Å². The minimum absolute atomic E-state index is 0.278. The molecule has 2 amide bonds. The van der Waals surface area contributed by atoms with E-state index in [0.717, 1.165) is 16.9 Å². The second kappa shape index (κ2) is 7.09. The molecule has 2 rings (SSSR count). The molecule has 7 heteroatoms. The number of nitrogens with zero attached hydrogens (tertiary/aromatic N) is 1. The minimum Gasteiger partial charge on any atom is -0.385 e. The van der Waals surface area contributed by atoms with Gasteiger partial charge in [-0.2, -0.15) is 5.26 Å². The molecule has 0 atom stereocenters. The molecular formula is C15H21N3O3S. The van der Waals surface area contributed by atoms with Crippen LogP contribution in [0, 0.1) is 11.3 Å². The van der Waals surface area contributed by atoms with Gasteiger partial charge in [0.1, 0.15) is 11.1 Å². The van der Waals surface area contributed by atoms with E-state index in [1.54, 1.807) is 7.11 Å². The molecule has 6 nitrogen and oxygen atoms in total. The number of nitrogens with one attached hydrogen (secondary N) is 2. The maximum Gasteiger partial charge on any atom is 0.319 e. The number of methoxy groups -OCH3 is 1. The number of fused-ring (bicyclic) bond motifs is 1. The Kier molecular flexibility index (Phi) is 5.40. The van der Waals surface area contributed by atoms with Gasteiger partial charge in [-0.25, -0.2) is 4.79 Å². The van der Waals surface area contributed by atoms with Crippen LogP contribution in [0.2, 0.25) is 0 Å². The van der Waals surface area contributed by atoms with Crippen molar-refractivity contribution in [2.45, 2.75) is 38.9 Å². The van der Waals surface area contributed by atoms with Gasteiger partial charge in [0.15, 0.2) is 0 Å². The van der Waals surface area contributed by atoms with E-state index in [9.17, 15) is 10.1 Å². The van der Waals surface area contributed by atoms with Crippen LogP contribution in [0.25, 0.3) is 0 Å². The smallest absolute Gasteiger partial charge is 0.319 e. The summed E-state index contributed by atoms with van der Waals surface area (Å²) in [4.78, 5) is 12.9. The predicted molar refractivity (Wildman–Crippen MR) is 85.1 cm³/mol. The van der Waals surface area contributed by atoms with Crippen molar-refractivity contribution in [1.82, 2.24) is 5.32 Å². The van der Waals surface area contributed by atoms with Gasteiger partial charge in [0, 0.05) is 31.6 Å². The largest absolute Gasteiger partial charge is 0.385 e. The molecule has 0 fully saturated rings. The van der Waals surface area contributed by atoms with Gasteiger partial charge in [0.05, 0.1) is 17.8 Å². The third kappa shape index (κ3) is 3.97. The number of rotatable bonds is 5. The molecule has 1 aliphatic rings. The second-order valence-corrected chi connectivity index (χ2v) is 6.88. The molecule has 2 N–H and O–H groups in total. The summed E-state index contributed by atoms with van der Waals surface area (Å²) in [5.74, 6) is 0. The molecule has 22 heavy (non-hydrogen) atoms. The number of urea groups is 1. The van der Waals surface area contributed by atoms with Gasteiger partial charge in [0.2, 0.25) is 0 Å². The van der Waals surface area contributed by atoms with E-state index in [4.69, 9.17) is 9.47 Å². The van der Waals surface area contributed by atoms with Crippen LogP contribution in [0.1, 0.15) is 36.3 Å². The zero-order chi connectivity index (χ0) is 16.2. The van der Waals surface area contributed by atoms with Gasteiger partial charge in [-0.15, -0.1) is 11.3 Å². The fourth-order valence-electron chi connectivity index (χ4n) is 2.33. The van der Waals surface area contributed by atoms with Crippen LogP contribution in [0.4, 0.5) is 9.80 Å². The fourth-order valence-corrected chi connectivity index (χ4v) is 3.40. The van der Waals surface area contributed by atoms with Crippen LogP contribution in [-0.4, -0.2) is 31.9 Å². The minimum atomic E-state index is -0.300. The van der Waals surface area contributed by atoms with Crippen LogP contribution >= 0.6 is 11.3 Å². The van der Waals surface area contributed by atoms with Crippen LogP contribution in [0.5, 0.6) is 0 Å². The Labute approximate surface area is 134 Å². The molecule has 0 spiro atoms. The van der Waals surface area contributed by atoms with Crippen LogP contribution in [0.3, 0.4) is 0 Å². The van der Waals surface area contributed by atoms with Gasteiger partial charge in [-0.05, 0) is 25.8 Å². The van der Waals surface area contributed by atoms with Gasteiger partial charge < -0.3 is 14.8 Å². The summed E-state index contributed by atoms with van der Waals surface area (Å²) >= 11 is 1.42. The summed E-state index contributed by atoms with van der Waals surface area (Å²) in [5.41, 5.74) is 1.28. The SMILES string of the molecule is COCCCNC(=O)Nc1sc2c(c1C#N)CC(C)(C)OC2. The predicted octanol–water partition coefficient (Wildman–Crippen LogP) is 2.63. The fraction of sp³-hybridized carbons (Fsp3) is 0.600. The number of carbonyl (C=O) groups excluding carboxylic acids is 1. The number of hydrogen-bond acceptors (Lipinski definition) is 5. The summed E-state index contributed by atoms with van der Waals surface area (Å²) in [6.45, 7) is 5.62. The number of ether oxygens (including phenoxy) is 2. The van der Waals surface area contributed by atoms with Crippen molar-refractivity contribution in [3.05, 3.63) is 16.0 Å². The van der Waals surface area contributed by atoms with E-state index in [0.29, 0.717) is 36.7 Å². The molecule has 0 unspecified atom stereocenters. The Hall–Kier alpha value is -1.62. The van der Waals surface area contributed by atoms with Crippen molar-refractivity contribution >= 4 is 22.4 Å². The van der Waals surface area contributed by atoms with Crippen molar-refractivity contribution < 1.29 is 14.3 Å². The first-order valence-corrected chi connectivity index (χ1v) is 8.01. The molecular weight excluding hydrogens is 302 g/mol. The molecule has 0 saturated heterocycles. The quantitative estimate of drug-likeness (QED) is 0.816. The molecule has 120 valence electrons. The van der Waals surface area contributed by atoms with Crippen LogP contribution in [-0.2, 0) is 22.5 Å². The van der Waals surface area contributed by atoms with Crippen LogP contribution in [0.15, 0.2) is 0 Å². The van der Waals surface area contributed by atoms with Crippen molar-refractivity contribution in [3.8, 4) is 6.07 Å². The Morgan fingerprint density at radius 2 is 2.32 bits per heavy atom. The van der Waals surface area contributed by atoms with Crippen molar-refractivity contribution in [2.24, 2.45) is 0 Å². The average Bonchev–Trinajstić information content (AvgIpc) is 2.78. The molecule has 0 aliphatic carbocycles. The second-order valence-electron chi connectivity index (χ2n) is 5.77. The first-order valence-electron chi connectivity index (χ1n) is 7.19. The highest BCUT2D eigenvalue weighted by Crippen LogP contribution is 2.39. The van der Waals surface area contributed by atoms with Gasteiger partial charge >= 0.3 is 6.03 Å². The number of hydrogen-bond donors (Lipinski definition) is 2. The number of nitriles is 1. The average molecular weight is 323 g/mol. The number of amides is 2. The lowest BCUT2D eigenvalue weighted by molar-refractivity contribution is -0.0383. The van der Waals surface area contributed by atoms with Crippen LogP contribution < -0.4 is 10.6 Å². The Morgan fingerprint density at radius 1 is 1.55 bits per heavy atom. The van der Waals surface area contributed by atoms with E-state index in [1.807, 2.05) is 13.8 Å². The molecule has 0 radical (unpaired) electrons. The van der Waals surface area contributed by atoms with Gasteiger partial charge in [0.25, 0.3) is 0 Å². The lowest BCUT2D eigenvalue weighted by atomic mass is 9.93. The summed E-state index contributed by atoms with van der Waals surface area (Å²) in [6, 6.07) is 1.92. The zero-order valence-electron chi connectivity index (χ0n) is 13.1. The molecule has 0 aromatic carbocycles. The topological polar surface area (TPSA) is 83.4 Å². The Bertz CT molecular complexity index is 590. The lowest BCUT2D eigenvalue weighted by Gasteiger charge is -2.29. The molecule has 1 aromatic rings. The number of anilines is 1. The highest BCUT2D eigenvalue weighted by atomic mass is 32.1. The summed E-state index contributed by atoms with van der Waals surface area (Å²) in [6.07, 6.45) is 1.43. The first-order chi connectivity index (χ1) is 10.5. The maximum atomic E-state index is 11.9. The van der Waals surface area contributed by atoms with E-state index in [2.05, 4.69) is 16.7 Å². The highest BCUT2D eigenvalue weighted by Gasteiger charge is 2.31. The van der Waals surface area contributed by atoms with E-state index >= 15 is 0 Å². The van der Waals surface area contributed by atoms with Crippen molar-refractivity contribution in [2.75, 3.05) is 25.6 Å². The first kappa shape index (κ1) is 16.7. The maximum absolute atomic E-state index is 11.9. The summed E-state index contributed by atoms with van der Waals surface area (Å²) in [7, 11) is 1.62. The molecule has 2 heterocycles. The highest BCUT2D eigenvalue weighted by molar-refractivity contribution is 7.16. The van der Waals surface area contributed by atoms with Gasteiger partial charge in [-0.1, -0.05) is 0 Å². The molecule has 0 bridgehead atoms. The third-order valence-electron chi connectivity index (χ3n) is 3.44. The van der Waals surface area contributed by atoms with E-state index in [-0.39, 0.29) is 11.6 Å². The monoisotopic (exact) mass is 323 g/mol. The number of thiophene rings is 1. The molecule has 1 aromatic heterocycles. The van der Waals surface area contributed by atoms with Crippen molar-refractivity contribution in [1.29, 1.82) is 5.26 Å². The third-order valence-corrected chi connectivity index (χ3v) is 4.56. The zero-order valence-corrected chi connectivity index (χ0v) is 13.9. The normalized spacial score (nSPS) is 15.7. The standard InChI is InChI=1S/C15H21N3O3S/c1-15(2)7-10-11(8-16)13(22-12(10)9-21-15)18-14(19)17-5-4-6-20-3/h4-7,9H2,1-3H3,(H2,17,18,19). The van der Waals surface area contributed by atoms with E-state index in [1.165, 1.54) is 11.3 Å². The molecule has 0 saturated carbocycles. The molecule has 1 aliphatic heterocycles.